The number of hydrogen-bond donors (Lipinski definition) is 0. The van der Waals surface area contributed by atoms with E-state index < -0.39 is 0 Å². The second kappa shape index (κ2) is 8.17. The zero-order valence-corrected chi connectivity index (χ0v) is 16.2. The summed E-state index contributed by atoms with van der Waals surface area (Å²) in [7, 11) is 1.62. The Balaban J connectivity index is 1.36. The van der Waals surface area contributed by atoms with Crippen molar-refractivity contribution in [1.29, 1.82) is 0 Å². The molecule has 0 aromatic heterocycles. The number of carbonyl (C=O) groups excluding carboxylic acids is 1. The number of methoxy groups -OCH3 is 1. The third-order valence-electron chi connectivity index (χ3n) is 6.31. The highest BCUT2D eigenvalue weighted by atomic mass is 16.5. The first kappa shape index (κ1) is 18.7. The van der Waals surface area contributed by atoms with Gasteiger partial charge in [0.1, 0.15) is 5.75 Å². The van der Waals surface area contributed by atoms with Gasteiger partial charge >= 0.3 is 0 Å². The standard InChI is InChI=1S/C21H30N2O4/c1-25-19-4-2-3-17(15-19)20(24)23-8-6-21(7-9-23)16-18(5-12-27-21)22-10-13-26-14-11-22/h2-4,15,18H,5-14,16H2,1H3/t18-/m0/s1. The molecule has 1 aromatic rings. The first-order chi connectivity index (χ1) is 13.2. The molecule has 1 atom stereocenters. The van der Waals surface area contributed by atoms with E-state index in [-0.39, 0.29) is 11.5 Å². The summed E-state index contributed by atoms with van der Waals surface area (Å²) in [6.07, 6.45) is 4.02. The maximum Gasteiger partial charge on any atom is 0.253 e. The molecule has 6 heteroatoms. The maximum absolute atomic E-state index is 12.9. The molecule has 0 radical (unpaired) electrons. The Morgan fingerprint density at radius 3 is 2.67 bits per heavy atom. The van der Waals surface area contributed by atoms with E-state index in [0.717, 1.165) is 77.4 Å². The lowest BCUT2D eigenvalue weighted by Gasteiger charge is -2.49. The minimum absolute atomic E-state index is 0.0631. The van der Waals surface area contributed by atoms with Crippen molar-refractivity contribution < 1.29 is 19.0 Å². The number of benzene rings is 1. The van der Waals surface area contributed by atoms with Crippen LogP contribution in [0.4, 0.5) is 0 Å². The van der Waals surface area contributed by atoms with Crippen molar-refractivity contribution in [3.05, 3.63) is 29.8 Å². The van der Waals surface area contributed by atoms with E-state index in [9.17, 15) is 4.79 Å². The highest BCUT2D eigenvalue weighted by Crippen LogP contribution is 2.37. The van der Waals surface area contributed by atoms with Crippen molar-refractivity contribution in [2.24, 2.45) is 0 Å². The zero-order chi connectivity index (χ0) is 18.7. The summed E-state index contributed by atoms with van der Waals surface area (Å²) >= 11 is 0. The van der Waals surface area contributed by atoms with Gasteiger partial charge in [0.2, 0.25) is 0 Å². The summed E-state index contributed by atoms with van der Waals surface area (Å²) in [5.74, 6) is 0.808. The van der Waals surface area contributed by atoms with Crippen molar-refractivity contribution in [1.82, 2.24) is 9.80 Å². The first-order valence-corrected chi connectivity index (χ1v) is 10.1. The maximum atomic E-state index is 12.9. The minimum Gasteiger partial charge on any atom is -0.497 e. The van der Waals surface area contributed by atoms with Gasteiger partial charge in [-0.2, -0.15) is 0 Å². The number of hydrogen-bond acceptors (Lipinski definition) is 5. The summed E-state index contributed by atoms with van der Waals surface area (Å²) in [5.41, 5.74) is 0.632. The molecule has 6 nitrogen and oxygen atoms in total. The Hall–Kier alpha value is -1.63. The van der Waals surface area contributed by atoms with Gasteiger partial charge in [0.15, 0.2) is 0 Å². The van der Waals surface area contributed by atoms with Crippen LogP contribution in [-0.2, 0) is 9.47 Å². The average molecular weight is 374 g/mol. The summed E-state index contributed by atoms with van der Waals surface area (Å²) in [5, 5.41) is 0. The molecular formula is C21H30N2O4. The Labute approximate surface area is 161 Å². The molecule has 0 aliphatic carbocycles. The molecule has 3 saturated heterocycles. The smallest absolute Gasteiger partial charge is 0.253 e. The van der Waals surface area contributed by atoms with Crippen LogP contribution in [0.5, 0.6) is 5.75 Å². The molecule has 27 heavy (non-hydrogen) atoms. The predicted molar refractivity (Wildman–Crippen MR) is 102 cm³/mol. The lowest BCUT2D eigenvalue weighted by Crippen LogP contribution is -2.55. The van der Waals surface area contributed by atoms with Crippen LogP contribution in [0.1, 0.15) is 36.0 Å². The van der Waals surface area contributed by atoms with Crippen LogP contribution in [0.15, 0.2) is 24.3 Å². The molecule has 0 unspecified atom stereocenters. The molecule has 3 aliphatic rings. The van der Waals surface area contributed by atoms with Gasteiger partial charge in [-0.15, -0.1) is 0 Å². The Kier molecular flexibility index (Phi) is 5.66. The number of amides is 1. The summed E-state index contributed by atoms with van der Waals surface area (Å²) in [4.78, 5) is 17.4. The zero-order valence-electron chi connectivity index (χ0n) is 16.2. The van der Waals surface area contributed by atoms with Crippen molar-refractivity contribution in [2.45, 2.75) is 37.3 Å². The number of ether oxygens (including phenoxy) is 3. The van der Waals surface area contributed by atoms with Crippen molar-refractivity contribution in [2.75, 3.05) is 53.1 Å². The molecule has 4 rings (SSSR count). The minimum atomic E-state index is -0.0631. The van der Waals surface area contributed by atoms with Gasteiger partial charge in [-0.25, -0.2) is 0 Å². The third-order valence-corrected chi connectivity index (χ3v) is 6.31. The molecule has 3 aliphatic heterocycles. The van der Waals surface area contributed by atoms with Crippen molar-refractivity contribution in [3.8, 4) is 5.75 Å². The highest BCUT2D eigenvalue weighted by Gasteiger charge is 2.42. The first-order valence-electron chi connectivity index (χ1n) is 10.1. The second-order valence-electron chi connectivity index (χ2n) is 7.85. The van der Waals surface area contributed by atoms with Gasteiger partial charge in [0.05, 0.1) is 25.9 Å². The van der Waals surface area contributed by atoms with E-state index >= 15 is 0 Å². The van der Waals surface area contributed by atoms with Crippen molar-refractivity contribution >= 4 is 5.91 Å². The Morgan fingerprint density at radius 1 is 1.15 bits per heavy atom. The van der Waals surface area contributed by atoms with E-state index in [1.165, 1.54) is 0 Å². The molecule has 1 spiro atoms. The monoisotopic (exact) mass is 374 g/mol. The van der Waals surface area contributed by atoms with E-state index in [1.807, 2.05) is 29.2 Å². The fourth-order valence-electron chi connectivity index (χ4n) is 4.66. The quantitative estimate of drug-likeness (QED) is 0.812. The van der Waals surface area contributed by atoms with Crippen LogP contribution in [0, 0.1) is 0 Å². The summed E-state index contributed by atoms with van der Waals surface area (Å²) in [6, 6.07) is 8.00. The fourth-order valence-corrected chi connectivity index (χ4v) is 4.66. The van der Waals surface area contributed by atoms with Crippen LogP contribution >= 0.6 is 0 Å². The van der Waals surface area contributed by atoms with Gasteiger partial charge < -0.3 is 19.1 Å². The number of carbonyl (C=O) groups is 1. The molecule has 148 valence electrons. The molecule has 0 saturated carbocycles. The number of likely N-dealkylation sites (tertiary alicyclic amines) is 1. The van der Waals surface area contributed by atoms with Crippen LogP contribution in [0.2, 0.25) is 0 Å². The lowest BCUT2D eigenvalue weighted by molar-refractivity contribution is -0.136. The van der Waals surface area contributed by atoms with Crippen LogP contribution in [0.3, 0.4) is 0 Å². The van der Waals surface area contributed by atoms with Gasteiger partial charge in [-0.3, -0.25) is 9.69 Å². The summed E-state index contributed by atoms with van der Waals surface area (Å²) in [6.45, 7) is 6.08. The number of rotatable bonds is 3. The van der Waals surface area contributed by atoms with Crippen LogP contribution in [0.25, 0.3) is 0 Å². The van der Waals surface area contributed by atoms with Crippen LogP contribution < -0.4 is 4.74 Å². The average Bonchev–Trinajstić information content (AvgIpc) is 2.74. The van der Waals surface area contributed by atoms with E-state index in [2.05, 4.69) is 4.90 Å². The molecule has 3 fully saturated rings. The normalized spacial score (nSPS) is 26.1. The molecule has 1 amide bonds. The van der Waals surface area contributed by atoms with E-state index in [0.29, 0.717) is 11.6 Å². The summed E-state index contributed by atoms with van der Waals surface area (Å²) < 4.78 is 17.0. The highest BCUT2D eigenvalue weighted by molar-refractivity contribution is 5.94. The second-order valence-corrected chi connectivity index (χ2v) is 7.85. The Morgan fingerprint density at radius 2 is 1.93 bits per heavy atom. The SMILES string of the molecule is COc1cccc(C(=O)N2CCC3(CC2)C[C@@H](N2CCOCC2)CCO3)c1. The van der Waals surface area contributed by atoms with Gasteiger partial charge in [0, 0.05) is 44.4 Å². The van der Waals surface area contributed by atoms with Gasteiger partial charge in [-0.1, -0.05) is 6.07 Å². The Bertz CT molecular complexity index is 651. The molecule has 0 bridgehead atoms. The van der Waals surface area contributed by atoms with E-state index in [1.54, 1.807) is 7.11 Å². The van der Waals surface area contributed by atoms with Crippen molar-refractivity contribution in [3.63, 3.8) is 0 Å². The van der Waals surface area contributed by atoms with Gasteiger partial charge in [0.25, 0.3) is 5.91 Å². The number of morpholine rings is 1. The largest absolute Gasteiger partial charge is 0.497 e. The molecule has 1 aromatic carbocycles. The number of nitrogens with zero attached hydrogens (tertiary/aromatic N) is 2. The number of piperidine rings is 1. The van der Waals surface area contributed by atoms with E-state index in [4.69, 9.17) is 14.2 Å². The fraction of sp³-hybridized carbons (Fsp3) is 0.667. The topological polar surface area (TPSA) is 51.2 Å². The molecule has 0 N–H and O–H groups in total. The van der Waals surface area contributed by atoms with Gasteiger partial charge in [-0.05, 0) is 43.9 Å². The molecule has 3 heterocycles. The van der Waals surface area contributed by atoms with Crippen LogP contribution in [-0.4, -0.2) is 80.5 Å². The lowest BCUT2D eigenvalue weighted by atomic mass is 9.81. The molecular weight excluding hydrogens is 344 g/mol. The predicted octanol–water partition coefficient (Wildman–Crippen LogP) is 2.18. The third kappa shape index (κ3) is 4.13.